The number of aliphatic hydroxyl groups is 1. The summed E-state index contributed by atoms with van der Waals surface area (Å²) in [6.07, 6.45) is 1.31. The van der Waals surface area contributed by atoms with E-state index < -0.39 is 15.6 Å². The molecule has 1 heterocycles. The molecule has 24 heavy (non-hydrogen) atoms. The molecule has 1 aliphatic carbocycles. The van der Waals surface area contributed by atoms with Crippen molar-refractivity contribution >= 4 is 26.8 Å². The van der Waals surface area contributed by atoms with E-state index in [0.717, 1.165) is 22.7 Å². The SMILES string of the molecule is CCCS(=O)(=O)c1ccc2c(c1)C1(O)C(C2)S/C(=N\CC)N1CC. The Morgan fingerprint density at radius 1 is 1.38 bits per heavy atom. The first-order valence-corrected chi connectivity index (χ1v) is 11.0. The molecule has 3 rings (SSSR count). The zero-order chi connectivity index (χ0) is 17.5. The number of thioether (sulfide) groups is 1. The Balaban J connectivity index is 2.09. The van der Waals surface area contributed by atoms with Crippen LogP contribution in [0.1, 0.15) is 38.3 Å². The lowest BCUT2D eigenvalue weighted by Crippen LogP contribution is -2.46. The van der Waals surface area contributed by atoms with Gasteiger partial charge in [0.05, 0.1) is 15.9 Å². The van der Waals surface area contributed by atoms with Crippen LogP contribution < -0.4 is 0 Å². The Morgan fingerprint density at radius 2 is 2.12 bits per heavy atom. The van der Waals surface area contributed by atoms with E-state index in [1.54, 1.807) is 23.9 Å². The third kappa shape index (κ3) is 2.57. The van der Waals surface area contributed by atoms with Crippen LogP contribution in [0.3, 0.4) is 0 Å². The van der Waals surface area contributed by atoms with E-state index in [1.807, 2.05) is 31.7 Å². The van der Waals surface area contributed by atoms with E-state index in [9.17, 15) is 13.5 Å². The largest absolute Gasteiger partial charge is 0.366 e. The Morgan fingerprint density at radius 3 is 2.75 bits per heavy atom. The van der Waals surface area contributed by atoms with Crippen LogP contribution >= 0.6 is 11.8 Å². The summed E-state index contributed by atoms with van der Waals surface area (Å²) in [6, 6.07) is 5.22. The maximum Gasteiger partial charge on any atom is 0.179 e. The maximum absolute atomic E-state index is 12.4. The first kappa shape index (κ1) is 17.8. The monoisotopic (exact) mass is 368 g/mol. The molecule has 0 saturated carbocycles. The van der Waals surface area contributed by atoms with Gasteiger partial charge in [0.1, 0.15) is 0 Å². The molecule has 7 heteroatoms. The maximum atomic E-state index is 12.4. The summed E-state index contributed by atoms with van der Waals surface area (Å²) in [4.78, 5) is 6.72. The molecule has 2 unspecified atom stereocenters. The predicted molar refractivity (Wildman–Crippen MR) is 98.1 cm³/mol. The van der Waals surface area contributed by atoms with Crippen molar-refractivity contribution < 1.29 is 13.5 Å². The molecule has 0 spiro atoms. The molecule has 0 amide bonds. The van der Waals surface area contributed by atoms with Gasteiger partial charge >= 0.3 is 0 Å². The summed E-state index contributed by atoms with van der Waals surface area (Å²) in [5.41, 5.74) is 0.584. The van der Waals surface area contributed by atoms with Gasteiger partial charge in [-0.05, 0) is 44.4 Å². The van der Waals surface area contributed by atoms with Gasteiger partial charge in [-0.25, -0.2) is 8.42 Å². The number of aliphatic imine (C=N–C) groups is 1. The average molecular weight is 369 g/mol. The number of rotatable bonds is 5. The number of fused-ring (bicyclic) bond motifs is 3. The quantitative estimate of drug-likeness (QED) is 0.864. The van der Waals surface area contributed by atoms with Crippen LogP contribution in [0.25, 0.3) is 0 Å². The lowest BCUT2D eigenvalue weighted by atomic mass is 10.0. The van der Waals surface area contributed by atoms with E-state index in [2.05, 4.69) is 4.99 Å². The zero-order valence-corrected chi connectivity index (χ0v) is 16.0. The van der Waals surface area contributed by atoms with E-state index in [4.69, 9.17) is 0 Å². The Hall–Kier alpha value is -1.05. The number of nitrogens with zero attached hydrogens (tertiary/aromatic N) is 2. The highest BCUT2D eigenvalue weighted by Gasteiger charge is 2.56. The van der Waals surface area contributed by atoms with Crippen molar-refractivity contribution in [3.63, 3.8) is 0 Å². The Kier molecular flexibility index (Phi) is 4.70. The molecule has 1 fully saturated rings. The third-order valence-corrected chi connectivity index (χ3v) is 7.92. The standard InChI is InChI=1S/C17H24N2O3S2/c1-4-9-24(21,22)13-8-7-12-10-15-17(20,14(12)11-13)19(6-3)16(23-15)18-5-2/h7-8,11,15,20H,4-6,9-10H2,1-3H3/b18-16-. The number of benzene rings is 1. The molecule has 132 valence electrons. The van der Waals surface area contributed by atoms with Crippen LogP contribution in [0, 0.1) is 0 Å². The van der Waals surface area contributed by atoms with Crippen molar-refractivity contribution in [2.24, 2.45) is 4.99 Å². The molecule has 0 aromatic heterocycles. The van der Waals surface area contributed by atoms with Crippen LogP contribution in [0.4, 0.5) is 0 Å². The fourth-order valence-electron chi connectivity index (χ4n) is 3.59. The van der Waals surface area contributed by atoms with Crippen molar-refractivity contribution in [1.29, 1.82) is 0 Å². The van der Waals surface area contributed by atoms with Crippen LogP contribution in [0.15, 0.2) is 28.1 Å². The molecule has 5 nitrogen and oxygen atoms in total. The number of hydrogen-bond acceptors (Lipinski definition) is 5. The van der Waals surface area contributed by atoms with Crippen molar-refractivity contribution in [3.05, 3.63) is 29.3 Å². The second-order valence-corrected chi connectivity index (χ2v) is 9.45. The molecule has 1 saturated heterocycles. The minimum atomic E-state index is -3.30. The molecular formula is C17H24N2O3S2. The minimum Gasteiger partial charge on any atom is -0.366 e. The average Bonchev–Trinajstić information content (AvgIpc) is 2.95. The lowest BCUT2D eigenvalue weighted by molar-refractivity contribution is -0.0598. The van der Waals surface area contributed by atoms with Gasteiger partial charge in [0.2, 0.25) is 0 Å². The number of sulfone groups is 1. The normalized spacial score (nSPS) is 27.6. The van der Waals surface area contributed by atoms with Crippen molar-refractivity contribution in [2.75, 3.05) is 18.8 Å². The first-order valence-electron chi connectivity index (χ1n) is 8.45. The smallest absolute Gasteiger partial charge is 0.179 e. The van der Waals surface area contributed by atoms with Gasteiger partial charge in [0, 0.05) is 18.7 Å². The van der Waals surface area contributed by atoms with Gasteiger partial charge in [0.25, 0.3) is 0 Å². The predicted octanol–water partition coefficient (Wildman–Crippen LogP) is 2.38. The molecule has 1 aromatic carbocycles. The van der Waals surface area contributed by atoms with Gasteiger partial charge in [-0.15, -0.1) is 0 Å². The zero-order valence-electron chi connectivity index (χ0n) is 14.3. The second-order valence-electron chi connectivity index (χ2n) is 6.18. The molecule has 1 N–H and O–H groups in total. The highest BCUT2D eigenvalue weighted by Crippen LogP contribution is 2.52. The minimum absolute atomic E-state index is 0.0399. The summed E-state index contributed by atoms with van der Waals surface area (Å²) in [7, 11) is -3.30. The van der Waals surface area contributed by atoms with E-state index >= 15 is 0 Å². The van der Waals surface area contributed by atoms with Gasteiger partial charge in [-0.3, -0.25) is 4.99 Å². The van der Waals surface area contributed by atoms with Crippen molar-refractivity contribution in [1.82, 2.24) is 4.90 Å². The molecular weight excluding hydrogens is 344 g/mol. The molecule has 1 aromatic rings. The molecule has 0 bridgehead atoms. The van der Waals surface area contributed by atoms with Crippen LogP contribution in [0.2, 0.25) is 0 Å². The van der Waals surface area contributed by atoms with Crippen LogP contribution in [-0.2, 0) is 22.0 Å². The highest BCUT2D eigenvalue weighted by atomic mass is 32.2. The van der Waals surface area contributed by atoms with Gasteiger partial charge < -0.3 is 10.0 Å². The topological polar surface area (TPSA) is 70.0 Å². The van der Waals surface area contributed by atoms with E-state index in [1.165, 1.54) is 0 Å². The van der Waals surface area contributed by atoms with E-state index in [0.29, 0.717) is 24.4 Å². The molecule has 1 aliphatic heterocycles. The summed E-state index contributed by atoms with van der Waals surface area (Å²) >= 11 is 1.59. The summed E-state index contributed by atoms with van der Waals surface area (Å²) in [5, 5.41) is 12.3. The Labute approximate surface area is 148 Å². The first-order chi connectivity index (χ1) is 11.4. The molecule has 0 radical (unpaired) electrons. The molecule has 2 aliphatic rings. The highest BCUT2D eigenvalue weighted by molar-refractivity contribution is 8.14. The van der Waals surface area contributed by atoms with Crippen molar-refractivity contribution in [3.8, 4) is 0 Å². The fourth-order valence-corrected chi connectivity index (χ4v) is 6.47. The summed E-state index contributed by atoms with van der Waals surface area (Å²) < 4.78 is 24.8. The lowest BCUT2D eigenvalue weighted by Gasteiger charge is -2.34. The number of hydrogen-bond donors (Lipinski definition) is 1. The Bertz CT molecular complexity index is 776. The van der Waals surface area contributed by atoms with Crippen molar-refractivity contribution in [2.45, 2.75) is 49.5 Å². The summed E-state index contributed by atoms with van der Waals surface area (Å²) in [6.45, 7) is 7.11. The molecule has 2 atom stereocenters. The van der Waals surface area contributed by atoms with Gasteiger partial charge in [-0.1, -0.05) is 24.8 Å². The van der Waals surface area contributed by atoms with E-state index in [-0.39, 0.29) is 11.0 Å². The fraction of sp³-hybridized carbons (Fsp3) is 0.588. The van der Waals surface area contributed by atoms with Gasteiger partial charge in [0.15, 0.2) is 20.7 Å². The third-order valence-electron chi connectivity index (χ3n) is 4.66. The second kappa shape index (κ2) is 6.35. The van der Waals surface area contributed by atoms with Crippen LogP contribution in [-0.4, -0.2) is 47.7 Å². The van der Waals surface area contributed by atoms with Crippen LogP contribution in [0.5, 0.6) is 0 Å². The number of amidine groups is 1. The summed E-state index contributed by atoms with van der Waals surface area (Å²) in [5.74, 6) is 0.127. The van der Waals surface area contributed by atoms with Gasteiger partial charge in [-0.2, -0.15) is 0 Å².